The SMILES string of the molecule is CCCOC(C)Cc1ccc(C(=O)Nc2ccc(Oc3ccccc3C(C)C)cc2)c(C)n1. The second-order valence-electron chi connectivity index (χ2n) is 8.59. The molecule has 0 bridgehead atoms. The van der Waals surface area contributed by atoms with Gasteiger partial charge in [-0.2, -0.15) is 0 Å². The molecule has 33 heavy (non-hydrogen) atoms. The van der Waals surface area contributed by atoms with Crippen LogP contribution in [0.4, 0.5) is 5.69 Å². The Hall–Kier alpha value is -3.18. The lowest BCUT2D eigenvalue weighted by molar-refractivity contribution is 0.0663. The third kappa shape index (κ3) is 6.90. The summed E-state index contributed by atoms with van der Waals surface area (Å²) in [5.41, 5.74) is 4.06. The van der Waals surface area contributed by atoms with Crippen LogP contribution in [0.3, 0.4) is 0 Å². The molecule has 1 unspecified atom stereocenters. The summed E-state index contributed by atoms with van der Waals surface area (Å²) in [5.74, 6) is 1.76. The first-order chi connectivity index (χ1) is 15.9. The zero-order chi connectivity index (χ0) is 23.8. The van der Waals surface area contributed by atoms with Crippen molar-refractivity contribution in [2.75, 3.05) is 11.9 Å². The van der Waals surface area contributed by atoms with Gasteiger partial charge >= 0.3 is 0 Å². The summed E-state index contributed by atoms with van der Waals surface area (Å²) >= 11 is 0. The van der Waals surface area contributed by atoms with Crippen LogP contribution in [0.25, 0.3) is 0 Å². The van der Waals surface area contributed by atoms with Crippen LogP contribution >= 0.6 is 0 Å². The minimum Gasteiger partial charge on any atom is -0.457 e. The lowest BCUT2D eigenvalue weighted by Crippen LogP contribution is -2.16. The van der Waals surface area contributed by atoms with E-state index < -0.39 is 0 Å². The maximum atomic E-state index is 12.8. The van der Waals surface area contributed by atoms with Gasteiger partial charge in [-0.05, 0) is 74.2 Å². The predicted molar refractivity (Wildman–Crippen MR) is 133 cm³/mol. The molecule has 0 spiro atoms. The maximum Gasteiger partial charge on any atom is 0.257 e. The highest BCUT2D eigenvalue weighted by atomic mass is 16.5. The zero-order valence-electron chi connectivity index (χ0n) is 20.2. The molecule has 1 N–H and O–H groups in total. The Balaban J connectivity index is 1.63. The molecule has 5 nitrogen and oxygen atoms in total. The molecule has 0 aliphatic carbocycles. The Morgan fingerprint density at radius 1 is 1.00 bits per heavy atom. The Labute approximate surface area is 197 Å². The number of nitrogens with zero attached hydrogens (tertiary/aromatic N) is 1. The molecule has 174 valence electrons. The number of carbonyl (C=O) groups is 1. The molecule has 0 saturated carbocycles. The second kappa shape index (κ2) is 11.6. The topological polar surface area (TPSA) is 60.5 Å². The van der Waals surface area contributed by atoms with E-state index in [-0.39, 0.29) is 12.0 Å². The van der Waals surface area contributed by atoms with Gasteiger partial charge in [0.2, 0.25) is 0 Å². The number of hydrogen-bond acceptors (Lipinski definition) is 4. The number of carbonyl (C=O) groups excluding carboxylic acids is 1. The van der Waals surface area contributed by atoms with Crippen molar-refractivity contribution in [1.29, 1.82) is 0 Å². The average molecular weight is 447 g/mol. The van der Waals surface area contributed by atoms with Crippen LogP contribution in [0.2, 0.25) is 0 Å². The summed E-state index contributed by atoms with van der Waals surface area (Å²) in [6.07, 6.45) is 1.82. The number of aryl methyl sites for hydroxylation is 1. The summed E-state index contributed by atoms with van der Waals surface area (Å²) < 4.78 is 11.8. The van der Waals surface area contributed by atoms with E-state index in [0.717, 1.165) is 42.2 Å². The van der Waals surface area contributed by atoms with Crippen LogP contribution in [0.1, 0.15) is 67.3 Å². The quantitative estimate of drug-likeness (QED) is 0.367. The highest BCUT2D eigenvalue weighted by Gasteiger charge is 2.13. The first-order valence-corrected chi connectivity index (χ1v) is 11.6. The van der Waals surface area contributed by atoms with Crippen molar-refractivity contribution in [2.24, 2.45) is 0 Å². The van der Waals surface area contributed by atoms with Crippen LogP contribution in [0.5, 0.6) is 11.5 Å². The number of nitrogens with one attached hydrogen (secondary N) is 1. The van der Waals surface area contributed by atoms with Crippen molar-refractivity contribution in [3.63, 3.8) is 0 Å². The fraction of sp³-hybridized carbons (Fsp3) is 0.357. The van der Waals surface area contributed by atoms with E-state index in [9.17, 15) is 4.79 Å². The predicted octanol–water partition coefficient (Wildman–Crippen LogP) is 6.92. The van der Waals surface area contributed by atoms with Gasteiger partial charge in [-0.15, -0.1) is 0 Å². The molecule has 0 aliphatic rings. The molecule has 1 aromatic heterocycles. The molecular formula is C28H34N2O3. The summed E-state index contributed by atoms with van der Waals surface area (Å²) in [4.78, 5) is 17.4. The molecule has 2 aromatic carbocycles. The van der Waals surface area contributed by atoms with Gasteiger partial charge in [0.15, 0.2) is 0 Å². The number of amides is 1. The third-order valence-corrected chi connectivity index (χ3v) is 5.37. The normalized spacial score (nSPS) is 11.9. The maximum absolute atomic E-state index is 12.8. The van der Waals surface area contributed by atoms with Crippen LogP contribution in [0.15, 0.2) is 60.7 Å². The number of para-hydroxylation sites is 1. The van der Waals surface area contributed by atoms with Crippen molar-refractivity contribution in [3.8, 4) is 11.5 Å². The lowest BCUT2D eigenvalue weighted by Gasteiger charge is -2.14. The van der Waals surface area contributed by atoms with Gasteiger partial charge in [0.05, 0.1) is 17.4 Å². The number of rotatable bonds is 10. The van der Waals surface area contributed by atoms with E-state index in [1.54, 1.807) is 0 Å². The number of pyridine rings is 1. The van der Waals surface area contributed by atoms with Gasteiger partial charge in [-0.1, -0.05) is 39.0 Å². The van der Waals surface area contributed by atoms with Crippen molar-refractivity contribution >= 4 is 11.6 Å². The number of aromatic nitrogens is 1. The van der Waals surface area contributed by atoms with E-state index in [2.05, 4.69) is 37.1 Å². The first kappa shape index (κ1) is 24.5. The Bertz CT molecular complexity index is 1060. The smallest absolute Gasteiger partial charge is 0.257 e. The van der Waals surface area contributed by atoms with Gasteiger partial charge in [0.1, 0.15) is 11.5 Å². The highest BCUT2D eigenvalue weighted by Crippen LogP contribution is 2.30. The first-order valence-electron chi connectivity index (χ1n) is 11.6. The summed E-state index contributed by atoms with van der Waals surface area (Å²) in [6, 6.07) is 19.2. The average Bonchev–Trinajstić information content (AvgIpc) is 2.79. The van der Waals surface area contributed by atoms with E-state index in [1.807, 2.05) is 68.4 Å². The van der Waals surface area contributed by atoms with Crippen LogP contribution in [-0.4, -0.2) is 23.6 Å². The molecule has 0 saturated heterocycles. The largest absolute Gasteiger partial charge is 0.457 e. The second-order valence-corrected chi connectivity index (χ2v) is 8.59. The van der Waals surface area contributed by atoms with Crippen LogP contribution in [-0.2, 0) is 11.2 Å². The van der Waals surface area contributed by atoms with E-state index >= 15 is 0 Å². The number of hydrogen-bond donors (Lipinski definition) is 1. The van der Waals surface area contributed by atoms with Gasteiger partial charge in [0.25, 0.3) is 5.91 Å². The molecule has 3 rings (SSSR count). The van der Waals surface area contributed by atoms with Gasteiger partial charge in [-0.3, -0.25) is 9.78 Å². The molecule has 1 heterocycles. The number of ether oxygens (including phenoxy) is 2. The molecule has 0 radical (unpaired) electrons. The Morgan fingerprint density at radius 2 is 1.73 bits per heavy atom. The fourth-order valence-electron chi connectivity index (χ4n) is 3.62. The molecule has 0 fully saturated rings. The Morgan fingerprint density at radius 3 is 2.39 bits per heavy atom. The van der Waals surface area contributed by atoms with Gasteiger partial charge in [-0.25, -0.2) is 0 Å². The minimum absolute atomic E-state index is 0.102. The fourth-order valence-corrected chi connectivity index (χ4v) is 3.62. The summed E-state index contributed by atoms with van der Waals surface area (Å²) in [7, 11) is 0. The lowest BCUT2D eigenvalue weighted by atomic mass is 10.0. The number of anilines is 1. The van der Waals surface area contributed by atoms with Crippen molar-refractivity contribution in [1.82, 2.24) is 4.98 Å². The number of benzene rings is 2. The molecule has 0 aliphatic heterocycles. The standard InChI is InChI=1S/C28H34N2O3/c1-6-17-32-20(4)18-23-13-16-26(21(5)29-23)28(31)30-22-11-14-24(15-12-22)33-27-10-8-7-9-25(27)19(2)3/h7-16,19-20H,6,17-18H2,1-5H3,(H,30,31). The molecule has 1 atom stereocenters. The molecular weight excluding hydrogens is 412 g/mol. The molecule has 3 aromatic rings. The summed E-state index contributed by atoms with van der Waals surface area (Å²) in [5, 5.41) is 2.95. The van der Waals surface area contributed by atoms with Gasteiger partial charge in [0, 0.05) is 24.4 Å². The molecule has 5 heteroatoms. The van der Waals surface area contributed by atoms with Crippen LogP contribution < -0.4 is 10.1 Å². The summed E-state index contributed by atoms with van der Waals surface area (Å²) in [6.45, 7) is 11.0. The van der Waals surface area contributed by atoms with Crippen LogP contribution in [0, 0.1) is 6.92 Å². The zero-order valence-corrected chi connectivity index (χ0v) is 20.2. The monoisotopic (exact) mass is 446 g/mol. The molecule has 1 amide bonds. The van der Waals surface area contributed by atoms with Crippen molar-refractivity contribution in [2.45, 2.75) is 59.5 Å². The van der Waals surface area contributed by atoms with E-state index in [0.29, 0.717) is 22.9 Å². The van der Waals surface area contributed by atoms with E-state index in [1.165, 1.54) is 0 Å². The minimum atomic E-state index is -0.180. The third-order valence-electron chi connectivity index (χ3n) is 5.37. The Kier molecular flexibility index (Phi) is 8.61. The van der Waals surface area contributed by atoms with E-state index in [4.69, 9.17) is 9.47 Å². The van der Waals surface area contributed by atoms with Crippen molar-refractivity contribution in [3.05, 3.63) is 83.2 Å². The van der Waals surface area contributed by atoms with Crippen molar-refractivity contribution < 1.29 is 14.3 Å². The van der Waals surface area contributed by atoms with Gasteiger partial charge < -0.3 is 14.8 Å². The highest BCUT2D eigenvalue weighted by molar-refractivity contribution is 6.05.